The third-order valence-electron chi connectivity index (χ3n) is 5.21. The van der Waals surface area contributed by atoms with Crippen LogP contribution in [0.1, 0.15) is 32.1 Å². The molecule has 1 atom stereocenters. The number of pyridine rings is 1. The summed E-state index contributed by atoms with van der Waals surface area (Å²) in [5, 5.41) is 0. The molecule has 2 aliphatic heterocycles. The van der Waals surface area contributed by atoms with Crippen molar-refractivity contribution in [3.8, 4) is 0 Å². The molecule has 5 nitrogen and oxygen atoms in total. The van der Waals surface area contributed by atoms with Gasteiger partial charge in [0.1, 0.15) is 0 Å². The van der Waals surface area contributed by atoms with Crippen molar-refractivity contribution in [2.24, 2.45) is 5.41 Å². The Bertz CT molecular complexity index is 522. The molecule has 2 saturated heterocycles. The standard InChI is InChI=1S/C18H27N3O2/c1-23-13-3-12-21-15-18(8-4-17(21)22)7-2-11-20(14-18)16-5-9-19-10-6-16/h5-6,9-10H,2-4,7-8,11-15H2,1H3. The molecule has 126 valence electrons. The van der Waals surface area contributed by atoms with Gasteiger partial charge >= 0.3 is 0 Å². The van der Waals surface area contributed by atoms with E-state index in [1.165, 1.54) is 18.5 Å². The predicted molar refractivity (Wildman–Crippen MR) is 90.4 cm³/mol. The number of carbonyl (C=O) groups excluding carboxylic acids is 1. The Hall–Kier alpha value is -1.62. The van der Waals surface area contributed by atoms with E-state index in [1.807, 2.05) is 12.4 Å². The van der Waals surface area contributed by atoms with Gasteiger partial charge in [0.2, 0.25) is 5.91 Å². The summed E-state index contributed by atoms with van der Waals surface area (Å²) in [6.45, 7) is 4.59. The second-order valence-corrected chi connectivity index (χ2v) is 6.89. The molecule has 0 aliphatic carbocycles. The van der Waals surface area contributed by atoms with Crippen LogP contribution in [0.2, 0.25) is 0 Å². The smallest absolute Gasteiger partial charge is 0.222 e. The molecule has 0 bridgehead atoms. The monoisotopic (exact) mass is 317 g/mol. The summed E-state index contributed by atoms with van der Waals surface area (Å²) in [7, 11) is 1.72. The normalized spacial score (nSPS) is 25.2. The lowest BCUT2D eigenvalue weighted by molar-refractivity contribution is -0.138. The number of methoxy groups -OCH3 is 1. The van der Waals surface area contributed by atoms with Crippen LogP contribution in [0, 0.1) is 5.41 Å². The highest BCUT2D eigenvalue weighted by atomic mass is 16.5. The van der Waals surface area contributed by atoms with Crippen molar-refractivity contribution < 1.29 is 9.53 Å². The van der Waals surface area contributed by atoms with Crippen LogP contribution < -0.4 is 4.90 Å². The van der Waals surface area contributed by atoms with Crippen molar-refractivity contribution in [3.63, 3.8) is 0 Å². The molecule has 3 rings (SSSR count). The second kappa shape index (κ2) is 7.30. The molecule has 2 fully saturated rings. The minimum absolute atomic E-state index is 0.252. The van der Waals surface area contributed by atoms with Gasteiger partial charge in [-0.2, -0.15) is 0 Å². The van der Waals surface area contributed by atoms with E-state index >= 15 is 0 Å². The van der Waals surface area contributed by atoms with E-state index in [0.717, 1.165) is 45.6 Å². The first kappa shape index (κ1) is 16.2. The van der Waals surface area contributed by atoms with E-state index in [2.05, 4.69) is 26.9 Å². The highest BCUT2D eigenvalue weighted by Gasteiger charge is 2.41. The molecule has 0 radical (unpaired) electrons. The molecular formula is C18H27N3O2. The Kier molecular flexibility index (Phi) is 5.16. The molecule has 2 aliphatic rings. The van der Waals surface area contributed by atoms with Crippen LogP contribution in [0.25, 0.3) is 0 Å². The zero-order chi connectivity index (χ0) is 16.1. The molecule has 0 N–H and O–H groups in total. The number of carbonyl (C=O) groups is 1. The van der Waals surface area contributed by atoms with Gasteiger partial charge in [0.05, 0.1) is 0 Å². The molecule has 1 aromatic heterocycles. The number of aromatic nitrogens is 1. The van der Waals surface area contributed by atoms with Gasteiger partial charge in [-0.15, -0.1) is 0 Å². The molecule has 0 saturated carbocycles. The molecule has 1 aromatic rings. The van der Waals surface area contributed by atoms with E-state index in [1.54, 1.807) is 7.11 Å². The lowest BCUT2D eigenvalue weighted by Gasteiger charge is -2.49. The largest absolute Gasteiger partial charge is 0.385 e. The predicted octanol–water partition coefficient (Wildman–Crippen LogP) is 2.33. The number of piperidine rings is 2. The quantitative estimate of drug-likeness (QED) is 0.782. The van der Waals surface area contributed by atoms with Gasteiger partial charge in [0, 0.05) is 69.8 Å². The minimum Gasteiger partial charge on any atom is -0.385 e. The van der Waals surface area contributed by atoms with Gasteiger partial charge in [-0.1, -0.05) is 0 Å². The van der Waals surface area contributed by atoms with Gasteiger partial charge in [0.15, 0.2) is 0 Å². The van der Waals surface area contributed by atoms with Crippen LogP contribution in [0.15, 0.2) is 24.5 Å². The topological polar surface area (TPSA) is 45.7 Å². The van der Waals surface area contributed by atoms with Crippen LogP contribution in [-0.4, -0.2) is 55.7 Å². The highest BCUT2D eigenvalue weighted by Crippen LogP contribution is 2.40. The molecule has 3 heterocycles. The summed E-state index contributed by atoms with van der Waals surface area (Å²) in [5.41, 5.74) is 1.50. The first-order valence-corrected chi connectivity index (χ1v) is 8.64. The van der Waals surface area contributed by atoms with E-state index in [-0.39, 0.29) is 5.41 Å². The third-order valence-corrected chi connectivity index (χ3v) is 5.21. The van der Waals surface area contributed by atoms with Crippen molar-refractivity contribution in [1.29, 1.82) is 0 Å². The van der Waals surface area contributed by atoms with Gasteiger partial charge in [0.25, 0.3) is 0 Å². The van der Waals surface area contributed by atoms with E-state index in [4.69, 9.17) is 4.74 Å². The van der Waals surface area contributed by atoms with Crippen molar-refractivity contribution in [1.82, 2.24) is 9.88 Å². The van der Waals surface area contributed by atoms with Crippen molar-refractivity contribution in [2.75, 3.05) is 44.8 Å². The molecule has 23 heavy (non-hydrogen) atoms. The minimum atomic E-state index is 0.252. The first-order chi connectivity index (χ1) is 11.2. The fraction of sp³-hybridized carbons (Fsp3) is 0.667. The average molecular weight is 317 g/mol. The number of rotatable bonds is 5. The fourth-order valence-corrected chi connectivity index (χ4v) is 4.02. The maximum absolute atomic E-state index is 12.2. The molecule has 1 amide bonds. The molecule has 1 spiro atoms. The number of amides is 1. The summed E-state index contributed by atoms with van der Waals surface area (Å²) in [5.74, 6) is 0.313. The van der Waals surface area contributed by atoms with Crippen molar-refractivity contribution in [2.45, 2.75) is 32.1 Å². The van der Waals surface area contributed by atoms with E-state index in [9.17, 15) is 4.79 Å². The number of likely N-dealkylation sites (tertiary alicyclic amines) is 1. The Balaban J connectivity index is 1.67. The molecule has 0 aromatic carbocycles. The summed E-state index contributed by atoms with van der Waals surface area (Å²) in [6.07, 6.45) is 8.78. The third kappa shape index (κ3) is 3.83. The van der Waals surface area contributed by atoms with Crippen LogP contribution >= 0.6 is 0 Å². The Morgan fingerprint density at radius 3 is 2.87 bits per heavy atom. The fourth-order valence-electron chi connectivity index (χ4n) is 4.02. The average Bonchev–Trinajstić information content (AvgIpc) is 2.59. The first-order valence-electron chi connectivity index (χ1n) is 8.64. The van der Waals surface area contributed by atoms with Gasteiger partial charge in [-0.05, 0) is 37.8 Å². The zero-order valence-corrected chi connectivity index (χ0v) is 14.0. The number of nitrogens with zero attached hydrogens (tertiary/aromatic N) is 3. The summed E-state index contributed by atoms with van der Waals surface area (Å²) >= 11 is 0. The molecule has 1 unspecified atom stereocenters. The SMILES string of the molecule is COCCCN1CC2(CCCN(c3ccncc3)C2)CCC1=O. The van der Waals surface area contributed by atoms with Crippen molar-refractivity contribution >= 4 is 11.6 Å². The maximum atomic E-state index is 12.2. The van der Waals surface area contributed by atoms with Gasteiger partial charge < -0.3 is 14.5 Å². The van der Waals surface area contributed by atoms with Gasteiger partial charge in [-0.25, -0.2) is 0 Å². The summed E-state index contributed by atoms with van der Waals surface area (Å²) in [4.78, 5) is 20.9. The number of hydrogen-bond donors (Lipinski definition) is 0. The molecular weight excluding hydrogens is 290 g/mol. The van der Waals surface area contributed by atoms with Crippen LogP contribution in [0.5, 0.6) is 0 Å². The van der Waals surface area contributed by atoms with Gasteiger partial charge in [-0.3, -0.25) is 9.78 Å². The molecule has 5 heteroatoms. The Morgan fingerprint density at radius 2 is 2.09 bits per heavy atom. The van der Waals surface area contributed by atoms with E-state index in [0.29, 0.717) is 12.3 Å². The van der Waals surface area contributed by atoms with Crippen molar-refractivity contribution in [3.05, 3.63) is 24.5 Å². The summed E-state index contributed by atoms with van der Waals surface area (Å²) < 4.78 is 5.13. The van der Waals surface area contributed by atoms with E-state index < -0.39 is 0 Å². The lowest BCUT2D eigenvalue weighted by Crippen LogP contribution is -2.54. The van der Waals surface area contributed by atoms with Crippen LogP contribution in [0.3, 0.4) is 0 Å². The highest BCUT2D eigenvalue weighted by molar-refractivity contribution is 5.77. The number of ether oxygens (including phenoxy) is 1. The van der Waals surface area contributed by atoms with Crippen LogP contribution in [-0.2, 0) is 9.53 Å². The Labute approximate surface area is 138 Å². The summed E-state index contributed by atoms with van der Waals surface area (Å²) in [6, 6.07) is 4.17. The maximum Gasteiger partial charge on any atom is 0.222 e. The lowest BCUT2D eigenvalue weighted by atomic mass is 9.73. The Morgan fingerprint density at radius 1 is 1.26 bits per heavy atom. The zero-order valence-electron chi connectivity index (χ0n) is 14.0. The number of hydrogen-bond acceptors (Lipinski definition) is 4. The number of anilines is 1. The van der Waals surface area contributed by atoms with Crippen LogP contribution in [0.4, 0.5) is 5.69 Å². The second-order valence-electron chi connectivity index (χ2n) is 6.89.